The zero-order chi connectivity index (χ0) is 15.1. The zero-order valence-corrected chi connectivity index (χ0v) is 13.7. The highest BCUT2D eigenvalue weighted by molar-refractivity contribution is 5.76. The monoisotopic (exact) mass is 295 g/mol. The molecule has 2 aliphatic rings. The van der Waals surface area contributed by atoms with Crippen molar-refractivity contribution in [3.05, 3.63) is 0 Å². The lowest BCUT2D eigenvalue weighted by atomic mass is 9.96. The number of piperazine rings is 1. The first-order valence-electron chi connectivity index (χ1n) is 8.96. The molecule has 0 aromatic heterocycles. The van der Waals surface area contributed by atoms with Crippen LogP contribution in [0.4, 0.5) is 0 Å². The maximum atomic E-state index is 12.5. The number of hydrogen-bond acceptors (Lipinski definition) is 3. The van der Waals surface area contributed by atoms with Crippen molar-refractivity contribution in [2.45, 2.75) is 64.3 Å². The molecule has 0 aromatic rings. The minimum atomic E-state index is 0.391. The highest BCUT2D eigenvalue weighted by Gasteiger charge is 2.26. The van der Waals surface area contributed by atoms with Gasteiger partial charge in [0.1, 0.15) is 0 Å². The van der Waals surface area contributed by atoms with Gasteiger partial charge in [-0.25, -0.2) is 0 Å². The summed E-state index contributed by atoms with van der Waals surface area (Å²) in [5.74, 6) is 1.04. The number of hydrogen-bond donors (Lipinski definition) is 1. The maximum absolute atomic E-state index is 12.5. The van der Waals surface area contributed by atoms with Gasteiger partial charge in [0, 0.05) is 45.2 Å². The van der Waals surface area contributed by atoms with Gasteiger partial charge in [0.2, 0.25) is 5.91 Å². The first-order valence-corrected chi connectivity index (χ1v) is 8.96. The van der Waals surface area contributed by atoms with E-state index in [0.717, 1.165) is 45.6 Å². The van der Waals surface area contributed by atoms with Crippen LogP contribution in [0.1, 0.15) is 58.3 Å². The van der Waals surface area contributed by atoms with Crippen molar-refractivity contribution in [2.75, 3.05) is 32.7 Å². The van der Waals surface area contributed by atoms with E-state index in [-0.39, 0.29) is 0 Å². The van der Waals surface area contributed by atoms with Gasteiger partial charge in [-0.15, -0.1) is 0 Å². The van der Waals surface area contributed by atoms with Crippen LogP contribution in [-0.4, -0.2) is 54.5 Å². The lowest BCUT2D eigenvalue weighted by molar-refractivity contribution is -0.134. The molecule has 0 radical (unpaired) electrons. The third-order valence-corrected chi connectivity index (χ3v) is 5.36. The number of nitrogens with zero attached hydrogens (tertiary/aromatic N) is 2. The van der Waals surface area contributed by atoms with Crippen LogP contribution in [0.15, 0.2) is 0 Å². The molecule has 0 aromatic carbocycles. The molecule has 2 rings (SSSR count). The molecule has 1 amide bonds. The number of rotatable bonds is 5. The van der Waals surface area contributed by atoms with Gasteiger partial charge in [-0.2, -0.15) is 0 Å². The maximum Gasteiger partial charge on any atom is 0.222 e. The summed E-state index contributed by atoms with van der Waals surface area (Å²) in [6.07, 6.45) is 9.77. The molecule has 2 fully saturated rings. The molecule has 1 heterocycles. The summed E-state index contributed by atoms with van der Waals surface area (Å²) < 4.78 is 0. The van der Waals surface area contributed by atoms with Crippen molar-refractivity contribution in [3.8, 4) is 0 Å². The van der Waals surface area contributed by atoms with Crippen molar-refractivity contribution < 1.29 is 4.79 Å². The summed E-state index contributed by atoms with van der Waals surface area (Å²) in [4.78, 5) is 17.0. The van der Waals surface area contributed by atoms with Crippen LogP contribution >= 0.6 is 0 Å². The molecule has 2 N–H and O–H groups in total. The molecule has 1 saturated carbocycles. The Kier molecular flexibility index (Phi) is 6.97. The highest BCUT2D eigenvalue weighted by atomic mass is 16.2. The summed E-state index contributed by atoms with van der Waals surface area (Å²) >= 11 is 0. The second-order valence-electron chi connectivity index (χ2n) is 6.78. The average molecular weight is 295 g/mol. The molecule has 1 aliphatic carbocycles. The van der Waals surface area contributed by atoms with E-state index in [2.05, 4.69) is 16.7 Å². The van der Waals surface area contributed by atoms with Crippen LogP contribution in [0.3, 0.4) is 0 Å². The lowest BCUT2D eigenvalue weighted by Gasteiger charge is -2.39. The van der Waals surface area contributed by atoms with Gasteiger partial charge < -0.3 is 10.6 Å². The molecule has 0 spiro atoms. The van der Waals surface area contributed by atoms with Crippen molar-refractivity contribution in [1.82, 2.24) is 9.80 Å². The Morgan fingerprint density at radius 2 is 1.71 bits per heavy atom. The van der Waals surface area contributed by atoms with Gasteiger partial charge >= 0.3 is 0 Å². The molecule has 1 unspecified atom stereocenters. The molecule has 4 nitrogen and oxygen atoms in total. The second-order valence-corrected chi connectivity index (χ2v) is 6.78. The van der Waals surface area contributed by atoms with Gasteiger partial charge in [-0.1, -0.05) is 32.6 Å². The first kappa shape index (κ1) is 16.8. The van der Waals surface area contributed by atoms with Crippen LogP contribution in [0.5, 0.6) is 0 Å². The number of carbonyl (C=O) groups excluding carboxylic acids is 1. The topological polar surface area (TPSA) is 49.6 Å². The first-order chi connectivity index (χ1) is 10.2. The van der Waals surface area contributed by atoms with E-state index in [1.807, 2.05) is 0 Å². The molecule has 1 aliphatic heterocycles. The fourth-order valence-corrected chi connectivity index (χ4v) is 3.85. The standard InChI is InChI=1S/C17H33N3O/c1-2-16(14-18)19-9-11-20(12-10-19)17(21)13-15-7-5-3-4-6-8-15/h15-16H,2-14,18H2,1H3. The Balaban J connectivity index is 1.74. The molecular weight excluding hydrogens is 262 g/mol. The quantitative estimate of drug-likeness (QED) is 0.791. The summed E-state index contributed by atoms with van der Waals surface area (Å²) in [7, 11) is 0. The van der Waals surface area contributed by atoms with E-state index < -0.39 is 0 Å². The van der Waals surface area contributed by atoms with Crippen LogP contribution in [0, 0.1) is 5.92 Å². The molecule has 122 valence electrons. The number of carbonyl (C=O) groups is 1. The fourth-order valence-electron chi connectivity index (χ4n) is 3.85. The summed E-state index contributed by atoms with van der Waals surface area (Å²) in [5.41, 5.74) is 5.82. The minimum absolute atomic E-state index is 0.391. The predicted octanol–water partition coefficient (Wildman–Crippen LogP) is 2.23. The van der Waals surface area contributed by atoms with Crippen LogP contribution in [-0.2, 0) is 4.79 Å². The molecule has 1 atom stereocenters. The van der Waals surface area contributed by atoms with Crippen molar-refractivity contribution in [1.29, 1.82) is 0 Å². The Morgan fingerprint density at radius 3 is 2.24 bits per heavy atom. The van der Waals surface area contributed by atoms with E-state index in [1.165, 1.54) is 38.5 Å². The second kappa shape index (κ2) is 8.74. The molecule has 1 saturated heterocycles. The van der Waals surface area contributed by atoms with Gasteiger partial charge in [0.25, 0.3) is 0 Å². The lowest BCUT2D eigenvalue weighted by Crippen LogP contribution is -2.53. The Morgan fingerprint density at radius 1 is 1.10 bits per heavy atom. The molecule has 0 bridgehead atoms. The Bertz CT molecular complexity index is 301. The van der Waals surface area contributed by atoms with E-state index in [1.54, 1.807) is 0 Å². The van der Waals surface area contributed by atoms with Crippen molar-refractivity contribution in [3.63, 3.8) is 0 Å². The van der Waals surface area contributed by atoms with E-state index in [9.17, 15) is 4.79 Å². The predicted molar refractivity (Wildman–Crippen MR) is 87.1 cm³/mol. The minimum Gasteiger partial charge on any atom is -0.340 e. The van der Waals surface area contributed by atoms with E-state index in [0.29, 0.717) is 17.9 Å². The van der Waals surface area contributed by atoms with Crippen molar-refractivity contribution in [2.24, 2.45) is 11.7 Å². The van der Waals surface area contributed by atoms with Gasteiger partial charge in [0.05, 0.1) is 0 Å². The van der Waals surface area contributed by atoms with Gasteiger partial charge in [-0.3, -0.25) is 9.69 Å². The van der Waals surface area contributed by atoms with Gasteiger partial charge in [-0.05, 0) is 25.2 Å². The summed E-state index contributed by atoms with van der Waals surface area (Å²) in [6, 6.07) is 0.490. The molecule has 21 heavy (non-hydrogen) atoms. The Hall–Kier alpha value is -0.610. The van der Waals surface area contributed by atoms with E-state index >= 15 is 0 Å². The summed E-state index contributed by atoms with van der Waals surface area (Å²) in [6.45, 7) is 6.69. The summed E-state index contributed by atoms with van der Waals surface area (Å²) in [5, 5.41) is 0. The smallest absolute Gasteiger partial charge is 0.222 e. The number of nitrogens with two attached hydrogens (primary N) is 1. The highest BCUT2D eigenvalue weighted by Crippen LogP contribution is 2.26. The zero-order valence-electron chi connectivity index (χ0n) is 13.7. The Labute approximate surface area is 130 Å². The van der Waals surface area contributed by atoms with Crippen molar-refractivity contribution >= 4 is 5.91 Å². The van der Waals surface area contributed by atoms with Crippen LogP contribution in [0.2, 0.25) is 0 Å². The van der Waals surface area contributed by atoms with Crippen LogP contribution < -0.4 is 5.73 Å². The number of amides is 1. The van der Waals surface area contributed by atoms with E-state index in [4.69, 9.17) is 5.73 Å². The fraction of sp³-hybridized carbons (Fsp3) is 0.941. The third kappa shape index (κ3) is 4.96. The normalized spacial score (nSPS) is 23.8. The van der Waals surface area contributed by atoms with Gasteiger partial charge in [0.15, 0.2) is 0 Å². The van der Waals surface area contributed by atoms with Crippen LogP contribution in [0.25, 0.3) is 0 Å². The largest absolute Gasteiger partial charge is 0.340 e. The molecular formula is C17H33N3O. The molecule has 4 heteroatoms. The third-order valence-electron chi connectivity index (χ3n) is 5.36. The average Bonchev–Trinajstić information content (AvgIpc) is 2.78. The SMILES string of the molecule is CCC(CN)N1CCN(C(=O)CC2CCCCCC2)CC1.